The molecule has 0 aliphatic rings. The van der Waals surface area contributed by atoms with Gasteiger partial charge in [0.2, 0.25) is 35.4 Å². The topological polar surface area (TPSA) is 169 Å². The fourth-order valence-corrected chi connectivity index (χ4v) is 5.14. The van der Waals surface area contributed by atoms with Gasteiger partial charge in [-0.1, -0.05) is 55.4 Å². The molecule has 0 unspecified atom stereocenters. The molecule has 0 fully saturated rings. The zero-order valence-electron chi connectivity index (χ0n) is 30.7. The Labute approximate surface area is 277 Å². The van der Waals surface area contributed by atoms with Crippen LogP contribution in [0.5, 0.6) is 0 Å². The van der Waals surface area contributed by atoms with E-state index in [0.717, 1.165) is 0 Å². The lowest BCUT2D eigenvalue weighted by molar-refractivity contribution is -0.144. The van der Waals surface area contributed by atoms with Gasteiger partial charge in [-0.15, -0.1) is 0 Å². The number of carbonyl (C=O) groups is 6. The fraction of sp³-hybridized carbons (Fsp3) is 0.818. The Morgan fingerprint density at radius 3 is 1.37 bits per heavy atom. The van der Waals surface area contributed by atoms with Gasteiger partial charge in [0.05, 0.1) is 6.04 Å². The first-order valence-corrected chi connectivity index (χ1v) is 16.5. The average molecular weight is 654 g/mol. The lowest BCUT2D eigenvalue weighted by Gasteiger charge is -2.34. The SMILES string of the molecule is CNC(=O)[C@H](CC(C)C)N(C)C(=O)[C@H](C)NC(=O)[C@@H](C)NC(=O)[C@H](CC(C)C)N(C)C(=O)[C@@H](NC(=O)[C@H](CC(C)C)NC)C(C)C. The zero-order valence-corrected chi connectivity index (χ0v) is 30.7. The summed E-state index contributed by atoms with van der Waals surface area (Å²) in [5, 5.41) is 13.8. The molecule has 5 N–H and O–H groups in total. The van der Waals surface area contributed by atoms with E-state index >= 15 is 0 Å². The maximum Gasteiger partial charge on any atom is 0.245 e. The molecule has 6 atom stereocenters. The molecule has 0 aromatic heterocycles. The van der Waals surface area contributed by atoms with Crippen molar-refractivity contribution in [2.45, 2.75) is 125 Å². The summed E-state index contributed by atoms with van der Waals surface area (Å²) in [5.74, 6) is -2.33. The van der Waals surface area contributed by atoms with E-state index in [1.54, 1.807) is 7.05 Å². The van der Waals surface area contributed by atoms with Crippen LogP contribution in [0, 0.1) is 23.7 Å². The number of carbonyl (C=O) groups excluding carboxylic acids is 6. The first kappa shape index (κ1) is 42.8. The minimum Gasteiger partial charge on any atom is -0.357 e. The quantitative estimate of drug-likeness (QED) is 0.140. The third kappa shape index (κ3) is 13.6. The molecule has 0 saturated heterocycles. The van der Waals surface area contributed by atoms with Crippen molar-refractivity contribution in [1.29, 1.82) is 0 Å². The number of hydrogen-bond acceptors (Lipinski definition) is 7. The Balaban J connectivity index is 5.76. The van der Waals surface area contributed by atoms with Crippen molar-refractivity contribution in [3.8, 4) is 0 Å². The van der Waals surface area contributed by atoms with Crippen LogP contribution in [0.15, 0.2) is 0 Å². The van der Waals surface area contributed by atoms with Crippen LogP contribution in [0.4, 0.5) is 0 Å². The van der Waals surface area contributed by atoms with Crippen molar-refractivity contribution in [3.05, 3.63) is 0 Å². The number of rotatable bonds is 19. The molecule has 6 amide bonds. The maximum atomic E-state index is 13.7. The van der Waals surface area contributed by atoms with E-state index in [2.05, 4.69) is 26.6 Å². The smallest absolute Gasteiger partial charge is 0.245 e. The lowest BCUT2D eigenvalue weighted by atomic mass is 9.97. The number of hydrogen-bond donors (Lipinski definition) is 5. The third-order valence-corrected chi connectivity index (χ3v) is 7.96. The summed E-state index contributed by atoms with van der Waals surface area (Å²) >= 11 is 0. The molecule has 0 aromatic carbocycles. The van der Waals surface area contributed by atoms with Gasteiger partial charge >= 0.3 is 0 Å². The largest absolute Gasteiger partial charge is 0.357 e. The second-order valence-electron chi connectivity index (χ2n) is 14.0. The molecule has 13 nitrogen and oxygen atoms in total. The van der Waals surface area contributed by atoms with Gasteiger partial charge in [-0.3, -0.25) is 28.8 Å². The first-order valence-electron chi connectivity index (χ1n) is 16.5. The molecule has 0 bridgehead atoms. The monoisotopic (exact) mass is 653 g/mol. The van der Waals surface area contributed by atoms with Gasteiger partial charge in [0.1, 0.15) is 30.2 Å². The molecule has 0 aliphatic heterocycles. The van der Waals surface area contributed by atoms with Crippen molar-refractivity contribution in [2.24, 2.45) is 23.7 Å². The molecule has 0 rings (SSSR count). The molecule has 0 spiro atoms. The van der Waals surface area contributed by atoms with Crippen LogP contribution in [0.3, 0.4) is 0 Å². The minimum atomic E-state index is -1.02. The van der Waals surface area contributed by atoms with E-state index in [4.69, 9.17) is 0 Å². The second-order valence-corrected chi connectivity index (χ2v) is 14.0. The van der Waals surface area contributed by atoms with E-state index in [1.165, 1.54) is 44.8 Å². The van der Waals surface area contributed by atoms with Gasteiger partial charge in [-0.25, -0.2) is 0 Å². The number of likely N-dealkylation sites (N-methyl/N-ethyl adjacent to an activating group) is 4. The summed E-state index contributed by atoms with van der Waals surface area (Å²) in [4.78, 5) is 81.7. The predicted octanol–water partition coefficient (Wildman–Crippen LogP) is 1.26. The van der Waals surface area contributed by atoms with Crippen LogP contribution in [-0.4, -0.2) is 110 Å². The Morgan fingerprint density at radius 1 is 0.522 bits per heavy atom. The molecular formula is C33H63N7O6. The van der Waals surface area contributed by atoms with Crippen molar-refractivity contribution in [1.82, 2.24) is 36.4 Å². The molecule has 46 heavy (non-hydrogen) atoms. The van der Waals surface area contributed by atoms with Gasteiger partial charge in [0.25, 0.3) is 0 Å². The van der Waals surface area contributed by atoms with Crippen LogP contribution < -0.4 is 26.6 Å². The normalized spacial score (nSPS) is 15.4. The summed E-state index contributed by atoms with van der Waals surface area (Å²) in [6.07, 6.45) is 1.38. The van der Waals surface area contributed by atoms with E-state index < -0.39 is 59.9 Å². The summed E-state index contributed by atoms with van der Waals surface area (Å²) in [5.41, 5.74) is 0. The summed E-state index contributed by atoms with van der Waals surface area (Å²) in [6, 6.07) is -4.91. The van der Waals surface area contributed by atoms with Gasteiger partial charge in [-0.2, -0.15) is 0 Å². The van der Waals surface area contributed by atoms with Crippen LogP contribution in [0.1, 0.15) is 88.5 Å². The number of amides is 6. The number of nitrogens with one attached hydrogen (secondary N) is 5. The third-order valence-electron chi connectivity index (χ3n) is 7.96. The molecule has 0 aliphatic carbocycles. The highest BCUT2D eigenvalue weighted by molar-refractivity contribution is 5.96. The highest BCUT2D eigenvalue weighted by Crippen LogP contribution is 2.16. The van der Waals surface area contributed by atoms with E-state index in [0.29, 0.717) is 19.3 Å². The molecule has 0 aromatic rings. The van der Waals surface area contributed by atoms with Gasteiger partial charge in [0.15, 0.2) is 0 Å². The van der Waals surface area contributed by atoms with Crippen LogP contribution in [0.2, 0.25) is 0 Å². The van der Waals surface area contributed by atoms with Gasteiger partial charge in [0, 0.05) is 21.1 Å². The van der Waals surface area contributed by atoms with Crippen LogP contribution in [0.25, 0.3) is 0 Å². The average Bonchev–Trinajstić information content (AvgIpc) is 2.97. The van der Waals surface area contributed by atoms with Crippen LogP contribution in [-0.2, 0) is 28.8 Å². The Bertz CT molecular complexity index is 1030. The molecule has 266 valence electrons. The Hall–Kier alpha value is -3.22. The van der Waals surface area contributed by atoms with E-state index in [-0.39, 0.29) is 35.5 Å². The van der Waals surface area contributed by atoms with Crippen LogP contribution >= 0.6 is 0 Å². The summed E-state index contributed by atoms with van der Waals surface area (Å²) < 4.78 is 0. The summed E-state index contributed by atoms with van der Waals surface area (Å²) in [7, 11) is 6.27. The highest BCUT2D eigenvalue weighted by atomic mass is 16.2. The zero-order chi connectivity index (χ0) is 36.0. The van der Waals surface area contributed by atoms with Gasteiger partial charge < -0.3 is 36.4 Å². The number of nitrogens with zero attached hydrogens (tertiary/aromatic N) is 2. The van der Waals surface area contributed by atoms with Gasteiger partial charge in [-0.05, 0) is 63.8 Å². The molecule has 0 heterocycles. The Kier molecular flexibility index (Phi) is 18.7. The van der Waals surface area contributed by atoms with E-state index in [9.17, 15) is 28.8 Å². The van der Waals surface area contributed by atoms with E-state index in [1.807, 2.05) is 55.4 Å². The highest BCUT2D eigenvalue weighted by Gasteiger charge is 2.36. The molecule has 0 radical (unpaired) electrons. The van der Waals surface area contributed by atoms with Crippen molar-refractivity contribution < 1.29 is 28.8 Å². The Morgan fingerprint density at radius 2 is 0.957 bits per heavy atom. The van der Waals surface area contributed by atoms with Crippen molar-refractivity contribution >= 4 is 35.4 Å². The maximum absolute atomic E-state index is 13.7. The molecule has 13 heteroatoms. The van der Waals surface area contributed by atoms with Crippen molar-refractivity contribution in [3.63, 3.8) is 0 Å². The van der Waals surface area contributed by atoms with Crippen molar-refractivity contribution in [2.75, 3.05) is 28.2 Å². The molecule has 0 saturated carbocycles. The second kappa shape index (κ2) is 20.1. The minimum absolute atomic E-state index is 0.0363. The molecular weight excluding hydrogens is 590 g/mol. The fourth-order valence-electron chi connectivity index (χ4n) is 5.14. The predicted molar refractivity (Wildman–Crippen MR) is 180 cm³/mol. The summed E-state index contributed by atoms with van der Waals surface area (Å²) in [6.45, 7) is 18.5. The lowest BCUT2D eigenvalue weighted by Crippen LogP contribution is -2.60. The standard InChI is InChI=1S/C33H63N7O6/c1-18(2)15-24(34-11)29(42)38-27(21(7)8)33(46)40(14)26(17-20(5)6)31(44)36-22(9)28(41)37-23(10)32(45)39(13)25(16-19(3)4)30(43)35-12/h18-27,34H,15-17H2,1-14H3,(H,35,43)(H,36,44)(H,37,41)(H,38,42)/t22-,23+,24+,25+,26+,27+/m1/s1. The first-order chi connectivity index (χ1) is 21.2.